The van der Waals surface area contributed by atoms with E-state index in [1.807, 2.05) is 11.8 Å². The van der Waals surface area contributed by atoms with Crippen LogP contribution in [0.15, 0.2) is 18.2 Å². The molecule has 19 heavy (non-hydrogen) atoms. The van der Waals surface area contributed by atoms with E-state index in [2.05, 4.69) is 44.3 Å². The number of hydrogen-bond donors (Lipinski definition) is 1. The first-order chi connectivity index (χ1) is 9.19. The van der Waals surface area contributed by atoms with Crippen molar-refractivity contribution >= 4 is 11.8 Å². The lowest BCUT2D eigenvalue weighted by Crippen LogP contribution is -2.44. The molecule has 1 heterocycles. The molecule has 0 spiro atoms. The fourth-order valence-corrected chi connectivity index (χ4v) is 3.96. The zero-order valence-corrected chi connectivity index (χ0v) is 13.1. The molecule has 3 heteroatoms. The Balaban J connectivity index is 1.92. The number of benzene rings is 1. The van der Waals surface area contributed by atoms with Gasteiger partial charge in [-0.05, 0) is 32.4 Å². The molecule has 1 aliphatic rings. The van der Waals surface area contributed by atoms with Crippen LogP contribution in [0.1, 0.15) is 30.0 Å². The maximum atomic E-state index is 5.63. The number of nitrogens with one attached hydrogen (secondary N) is 1. The third-order valence-corrected chi connectivity index (χ3v) is 4.91. The second-order valence-corrected chi connectivity index (χ2v) is 6.60. The minimum Gasteiger partial charge on any atom is -0.380 e. The molecule has 2 atom stereocenters. The van der Waals surface area contributed by atoms with Crippen molar-refractivity contribution in [2.75, 3.05) is 19.8 Å². The van der Waals surface area contributed by atoms with E-state index >= 15 is 0 Å². The average molecular weight is 279 g/mol. The van der Waals surface area contributed by atoms with Crippen LogP contribution in [0, 0.1) is 13.8 Å². The lowest BCUT2D eigenvalue weighted by atomic mass is 10.1. The van der Waals surface area contributed by atoms with Crippen LogP contribution in [0.3, 0.4) is 0 Å². The molecule has 2 nitrogen and oxygen atoms in total. The van der Waals surface area contributed by atoms with Crippen LogP contribution >= 0.6 is 11.8 Å². The standard InChI is InChI=1S/C16H25NOS/c1-4-17-15-5-6-18-10-16(15)19-11-14-8-12(2)7-13(3)9-14/h7-9,15-17H,4-6,10-11H2,1-3H3. The van der Waals surface area contributed by atoms with Crippen molar-refractivity contribution in [3.8, 4) is 0 Å². The van der Waals surface area contributed by atoms with Gasteiger partial charge < -0.3 is 10.1 Å². The summed E-state index contributed by atoms with van der Waals surface area (Å²) >= 11 is 2.03. The molecule has 1 saturated heterocycles. The third kappa shape index (κ3) is 4.51. The van der Waals surface area contributed by atoms with E-state index < -0.39 is 0 Å². The Kier molecular flexibility index (Phi) is 5.74. The van der Waals surface area contributed by atoms with Crippen LogP contribution < -0.4 is 5.32 Å². The summed E-state index contributed by atoms with van der Waals surface area (Å²) in [6.07, 6.45) is 1.14. The number of aryl methyl sites for hydroxylation is 2. The maximum Gasteiger partial charge on any atom is 0.0600 e. The van der Waals surface area contributed by atoms with Gasteiger partial charge in [0.05, 0.1) is 6.61 Å². The largest absolute Gasteiger partial charge is 0.380 e. The molecular formula is C16H25NOS. The minimum absolute atomic E-state index is 0.578. The van der Waals surface area contributed by atoms with E-state index in [0.717, 1.165) is 31.9 Å². The molecule has 106 valence electrons. The summed E-state index contributed by atoms with van der Waals surface area (Å²) in [4.78, 5) is 0. The van der Waals surface area contributed by atoms with Gasteiger partial charge in [0, 0.05) is 23.7 Å². The Morgan fingerprint density at radius 2 is 2.00 bits per heavy atom. The molecule has 2 rings (SSSR count). The first kappa shape index (κ1) is 14.9. The van der Waals surface area contributed by atoms with Gasteiger partial charge in [0.15, 0.2) is 0 Å². The maximum absolute atomic E-state index is 5.63. The quantitative estimate of drug-likeness (QED) is 0.893. The highest BCUT2D eigenvalue weighted by atomic mass is 32.2. The minimum atomic E-state index is 0.578. The highest BCUT2D eigenvalue weighted by Gasteiger charge is 2.25. The zero-order chi connectivity index (χ0) is 13.7. The Hall–Kier alpha value is -0.510. The molecule has 0 bridgehead atoms. The van der Waals surface area contributed by atoms with Gasteiger partial charge >= 0.3 is 0 Å². The SMILES string of the molecule is CCNC1CCOCC1SCc1cc(C)cc(C)c1. The number of hydrogen-bond acceptors (Lipinski definition) is 3. The number of rotatable bonds is 5. The Morgan fingerprint density at radius 3 is 2.68 bits per heavy atom. The summed E-state index contributed by atoms with van der Waals surface area (Å²) in [5, 5.41) is 4.17. The van der Waals surface area contributed by atoms with E-state index in [1.165, 1.54) is 16.7 Å². The summed E-state index contributed by atoms with van der Waals surface area (Å²) in [5.74, 6) is 1.08. The Labute approximate surface area is 121 Å². The van der Waals surface area contributed by atoms with Crippen LogP contribution in [-0.2, 0) is 10.5 Å². The normalized spacial score (nSPS) is 23.5. The van der Waals surface area contributed by atoms with Crippen molar-refractivity contribution in [2.24, 2.45) is 0 Å². The molecular weight excluding hydrogens is 254 g/mol. The summed E-state index contributed by atoms with van der Waals surface area (Å²) in [7, 11) is 0. The van der Waals surface area contributed by atoms with Gasteiger partial charge in [-0.1, -0.05) is 36.2 Å². The van der Waals surface area contributed by atoms with Gasteiger partial charge in [-0.3, -0.25) is 0 Å². The zero-order valence-electron chi connectivity index (χ0n) is 12.2. The Morgan fingerprint density at radius 1 is 1.26 bits per heavy atom. The van der Waals surface area contributed by atoms with E-state index in [0.29, 0.717) is 11.3 Å². The fraction of sp³-hybridized carbons (Fsp3) is 0.625. The van der Waals surface area contributed by atoms with Crippen molar-refractivity contribution in [3.05, 3.63) is 34.9 Å². The molecule has 0 saturated carbocycles. The van der Waals surface area contributed by atoms with Crippen LogP contribution in [0.4, 0.5) is 0 Å². The molecule has 2 unspecified atom stereocenters. The van der Waals surface area contributed by atoms with Gasteiger partial charge in [0.25, 0.3) is 0 Å². The van der Waals surface area contributed by atoms with E-state index in [-0.39, 0.29) is 0 Å². The number of ether oxygens (including phenoxy) is 1. The van der Waals surface area contributed by atoms with Crippen LogP contribution in [-0.4, -0.2) is 31.1 Å². The molecule has 0 aromatic heterocycles. The molecule has 1 aromatic carbocycles. The van der Waals surface area contributed by atoms with E-state index in [9.17, 15) is 0 Å². The van der Waals surface area contributed by atoms with Crippen molar-refractivity contribution in [1.82, 2.24) is 5.32 Å². The van der Waals surface area contributed by atoms with Gasteiger partial charge in [-0.2, -0.15) is 0 Å². The molecule has 1 fully saturated rings. The molecule has 0 aliphatic carbocycles. The van der Waals surface area contributed by atoms with Gasteiger partial charge in [0.1, 0.15) is 0 Å². The highest BCUT2D eigenvalue weighted by molar-refractivity contribution is 7.99. The van der Waals surface area contributed by atoms with Crippen molar-refractivity contribution in [1.29, 1.82) is 0 Å². The molecule has 1 aliphatic heterocycles. The average Bonchev–Trinajstić information content (AvgIpc) is 2.37. The first-order valence-corrected chi connectivity index (χ1v) is 8.24. The molecule has 1 aromatic rings. The third-order valence-electron chi connectivity index (χ3n) is 3.52. The predicted octanol–water partition coefficient (Wildman–Crippen LogP) is 3.30. The van der Waals surface area contributed by atoms with Crippen molar-refractivity contribution < 1.29 is 4.74 Å². The van der Waals surface area contributed by atoms with E-state index in [4.69, 9.17) is 4.74 Å². The van der Waals surface area contributed by atoms with Crippen molar-refractivity contribution in [3.63, 3.8) is 0 Å². The highest BCUT2D eigenvalue weighted by Crippen LogP contribution is 2.25. The summed E-state index contributed by atoms with van der Waals surface area (Å²) < 4.78 is 5.63. The van der Waals surface area contributed by atoms with Crippen LogP contribution in [0.5, 0.6) is 0 Å². The second-order valence-electron chi connectivity index (χ2n) is 5.37. The monoisotopic (exact) mass is 279 g/mol. The predicted molar refractivity (Wildman–Crippen MR) is 83.9 cm³/mol. The van der Waals surface area contributed by atoms with E-state index in [1.54, 1.807) is 0 Å². The first-order valence-electron chi connectivity index (χ1n) is 7.19. The molecule has 1 N–H and O–H groups in total. The summed E-state index contributed by atoms with van der Waals surface area (Å²) in [5.41, 5.74) is 4.15. The second kappa shape index (κ2) is 7.32. The lowest BCUT2D eigenvalue weighted by Gasteiger charge is -2.31. The molecule has 0 radical (unpaired) electrons. The van der Waals surface area contributed by atoms with Gasteiger partial charge in [0.2, 0.25) is 0 Å². The summed E-state index contributed by atoms with van der Waals surface area (Å²) in [6, 6.07) is 7.44. The smallest absolute Gasteiger partial charge is 0.0600 e. The molecule has 0 amide bonds. The lowest BCUT2D eigenvalue weighted by molar-refractivity contribution is 0.0837. The van der Waals surface area contributed by atoms with Crippen molar-refractivity contribution in [2.45, 2.75) is 44.2 Å². The Bertz CT molecular complexity index is 385. The van der Waals surface area contributed by atoms with Gasteiger partial charge in [-0.15, -0.1) is 11.8 Å². The fourth-order valence-electron chi connectivity index (χ4n) is 2.73. The number of thioether (sulfide) groups is 1. The van der Waals surface area contributed by atoms with Gasteiger partial charge in [-0.25, -0.2) is 0 Å². The summed E-state index contributed by atoms with van der Waals surface area (Å²) in [6.45, 7) is 9.36. The topological polar surface area (TPSA) is 21.3 Å². The van der Waals surface area contributed by atoms with Crippen LogP contribution in [0.25, 0.3) is 0 Å². The van der Waals surface area contributed by atoms with Crippen LogP contribution in [0.2, 0.25) is 0 Å².